The molecular formula is C6H9N3S2. The lowest BCUT2D eigenvalue weighted by atomic mass is 10.3. The lowest BCUT2D eigenvalue weighted by molar-refractivity contribution is 0.587. The lowest BCUT2D eigenvalue weighted by Crippen LogP contribution is -2.30. The molecular weight excluding hydrogens is 178 g/mol. The number of aromatic nitrogens is 2. The smallest absolute Gasteiger partial charge is 0.135 e. The van der Waals surface area contributed by atoms with Gasteiger partial charge in [-0.2, -0.15) is 11.8 Å². The molecule has 60 valence electrons. The van der Waals surface area contributed by atoms with E-state index in [2.05, 4.69) is 15.5 Å². The summed E-state index contributed by atoms with van der Waals surface area (Å²) in [5.41, 5.74) is 1.79. The molecule has 5 heteroatoms. The Labute approximate surface area is 73.6 Å². The molecule has 1 aliphatic rings. The summed E-state index contributed by atoms with van der Waals surface area (Å²) in [4.78, 5) is 0. The van der Waals surface area contributed by atoms with E-state index < -0.39 is 0 Å². The minimum absolute atomic E-state index is 0.446. The van der Waals surface area contributed by atoms with Crippen LogP contribution in [0.4, 0.5) is 0 Å². The third-order valence-corrected chi connectivity index (χ3v) is 3.47. The topological polar surface area (TPSA) is 37.8 Å². The quantitative estimate of drug-likeness (QED) is 0.709. The van der Waals surface area contributed by atoms with Crippen molar-refractivity contribution in [2.75, 3.05) is 18.1 Å². The predicted octanol–water partition coefficient (Wildman–Crippen LogP) is 0.916. The van der Waals surface area contributed by atoms with E-state index in [-0.39, 0.29) is 0 Å². The molecule has 1 aromatic rings. The fraction of sp³-hybridized carbons (Fsp3) is 0.667. The van der Waals surface area contributed by atoms with Crippen LogP contribution in [0.25, 0.3) is 0 Å². The van der Waals surface area contributed by atoms with Crippen LogP contribution in [0.15, 0.2) is 5.51 Å². The fourth-order valence-corrected chi connectivity index (χ4v) is 2.73. The highest BCUT2D eigenvalue weighted by Crippen LogP contribution is 2.21. The van der Waals surface area contributed by atoms with Gasteiger partial charge in [0.1, 0.15) is 10.5 Å². The maximum Gasteiger partial charge on any atom is 0.135 e. The molecule has 1 atom stereocenters. The van der Waals surface area contributed by atoms with E-state index in [1.807, 2.05) is 11.8 Å². The van der Waals surface area contributed by atoms with Crippen molar-refractivity contribution < 1.29 is 0 Å². The Hall–Kier alpha value is -0.130. The zero-order valence-electron chi connectivity index (χ0n) is 5.99. The van der Waals surface area contributed by atoms with Gasteiger partial charge in [-0.3, -0.25) is 0 Å². The minimum Gasteiger partial charge on any atom is -0.306 e. The molecule has 2 rings (SSSR count). The maximum atomic E-state index is 4.03. The van der Waals surface area contributed by atoms with Crippen molar-refractivity contribution in [2.45, 2.75) is 6.04 Å². The number of nitrogens with one attached hydrogen (secondary N) is 1. The molecule has 1 unspecified atom stereocenters. The Bertz CT molecular complexity index is 206. The molecule has 0 aliphatic carbocycles. The van der Waals surface area contributed by atoms with Crippen molar-refractivity contribution in [2.24, 2.45) is 0 Å². The zero-order valence-corrected chi connectivity index (χ0v) is 7.62. The summed E-state index contributed by atoms with van der Waals surface area (Å²) in [6, 6.07) is 0.446. The molecule has 1 aliphatic heterocycles. The van der Waals surface area contributed by atoms with Gasteiger partial charge in [0.25, 0.3) is 0 Å². The molecule has 1 fully saturated rings. The van der Waals surface area contributed by atoms with E-state index in [0.717, 1.165) is 17.3 Å². The largest absolute Gasteiger partial charge is 0.306 e. The van der Waals surface area contributed by atoms with Crippen LogP contribution in [0.3, 0.4) is 0 Å². The summed E-state index contributed by atoms with van der Waals surface area (Å²) in [6.45, 7) is 1.09. The standard InChI is InChI=1S/C6H9N3S2/c1-2-10-3-5(7-1)6-9-8-4-11-6/h4-5,7H,1-3H2. The number of hydrogen-bond donors (Lipinski definition) is 1. The van der Waals surface area contributed by atoms with Crippen LogP contribution in [0.5, 0.6) is 0 Å². The first kappa shape index (κ1) is 7.52. The number of nitrogens with zero attached hydrogens (tertiary/aromatic N) is 2. The molecule has 0 aromatic carbocycles. The Balaban J connectivity index is 2.04. The molecule has 0 bridgehead atoms. The predicted molar refractivity (Wildman–Crippen MR) is 48.0 cm³/mol. The highest BCUT2D eigenvalue weighted by molar-refractivity contribution is 7.99. The van der Waals surface area contributed by atoms with Gasteiger partial charge in [-0.25, -0.2) is 0 Å². The minimum atomic E-state index is 0.446. The number of thioether (sulfide) groups is 1. The molecule has 3 nitrogen and oxygen atoms in total. The second-order valence-corrected chi connectivity index (χ2v) is 4.37. The first-order chi connectivity index (χ1) is 5.47. The molecule has 0 saturated carbocycles. The summed E-state index contributed by atoms with van der Waals surface area (Å²) in [6.07, 6.45) is 0. The Morgan fingerprint density at radius 3 is 3.27 bits per heavy atom. The van der Waals surface area contributed by atoms with E-state index in [1.54, 1.807) is 16.8 Å². The van der Waals surface area contributed by atoms with Crippen LogP contribution in [-0.4, -0.2) is 28.2 Å². The number of hydrogen-bond acceptors (Lipinski definition) is 5. The third kappa shape index (κ3) is 1.72. The molecule has 0 amide bonds. The Morgan fingerprint density at radius 2 is 2.64 bits per heavy atom. The van der Waals surface area contributed by atoms with Crippen LogP contribution >= 0.6 is 23.1 Å². The first-order valence-corrected chi connectivity index (χ1v) is 5.57. The third-order valence-electron chi connectivity index (χ3n) is 1.60. The molecule has 1 aromatic heterocycles. The van der Waals surface area contributed by atoms with Gasteiger partial charge in [0.15, 0.2) is 0 Å². The van der Waals surface area contributed by atoms with Crippen molar-refractivity contribution in [1.82, 2.24) is 15.5 Å². The fourth-order valence-electron chi connectivity index (χ4n) is 1.06. The lowest BCUT2D eigenvalue weighted by Gasteiger charge is -2.20. The summed E-state index contributed by atoms with van der Waals surface area (Å²) in [5, 5.41) is 12.4. The summed E-state index contributed by atoms with van der Waals surface area (Å²) >= 11 is 3.61. The molecule has 0 radical (unpaired) electrons. The monoisotopic (exact) mass is 187 g/mol. The summed E-state index contributed by atoms with van der Waals surface area (Å²) < 4.78 is 0. The molecule has 1 saturated heterocycles. The van der Waals surface area contributed by atoms with Crippen LogP contribution in [0.2, 0.25) is 0 Å². The molecule has 11 heavy (non-hydrogen) atoms. The summed E-state index contributed by atoms with van der Waals surface area (Å²) in [5.74, 6) is 2.35. The van der Waals surface area contributed by atoms with Crippen molar-refractivity contribution in [3.05, 3.63) is 10.5 Å². The van der Waals surface area contributed by atoms with E-state index >= 15 is 0 Å². The molecule has 1 N–H and O–H groups in total. The van der Waals surface area contributed by atoms with Gasteiger partial charge in [0, 0.05) is 18.1 Å². The zero-order chi connectivity index (χ0) is 7.52. The Morgan fingerprint density at radius 1 is 1.64 bits per heavy atom. The molecule has 0 spiro atoms. The normalized spacial score (nSPS) is 25.3. The van der Waals surface area contributed by atoms with Crippen LogP contribution in [0.1, 0.15) is 11.0 Å². The van der Waals surface area contributed by atoms with E-state index in [0.29, 0.717) is 6.04 Å². The van der Waals surface area contributed by atoms with Crippen molar-refractivity contribution in [3.8, 4) is 0 Å². The van der Waals surface area contributed by atoms with Gasteiger partial charge in [0.05, 0.1) is 6.04 Å². The van der Waals surface area contributed by atoms with Crippen LogP contribution in [0, 0.1) is 0 Å². The van der Waals surface area contributed by atoms with Gasteiger partial charge in [0.2, 0.25) is 0 Å². The second kappa shape index (κ2) is 3.51. The van der Waals surface area contributed by atoms with Gasteiger partial charge >= 0.3 is 0 Å². The van der Waals surface area contributed by atoms with E-state index in [9.17, 15) is 0 Å². The average molecular weight is 187 g/mol. The highest BCUT2D eigenvalue weighted by atomic mass is 32.2. The Kier molecular flexibility index (Phi) is 2.40. The van der Waals surface area contributed by atoms with Gasteiger partial charge < -0.3 is 5.32 Å². The number of rotatable bonds is 1. The van der Waals surface area contributed by atoms with Crippen LogP contribution < -0.4 is 5.32 Å². The second-order valence-electron chi connectivity index (χ2n) is 2.36. The highest BCUT2D eigenvalue weighted by Gasteiger charge is 2.17. The van der Waals surface area contributed by atoms with E-state index in [1.165, 1.54) is 5.75 Å². The van der Waals surface area contributed by atoms with Gasteiger partial charge in [-0.05, 0) is 0 Å². The van der Waals surface area contributed by atoms with Crippen molar-refractivity contribution in [1.29, 1.82) is 0 Å². The van der Waals surface area contributed by atoms with Crippen LogP contribution in [-0.2, 0) is 0 Å². The van der Waals surface area contributed by atoms with Gasteiger partial charge in [-0.1, -0.05) is 0 Å². The SMILES string of the molecule is c1nnc(C2CSCCN2)s1. The first-order valence-electron chi connectivity index (χ1n) is 3.54. The van der Waals surface area contributed by atoms with Crippen molar-refractivity contribution in [3.63, 3.8) is 0 Å². The van der Waals surface area contributed by atoms with Crippen molar-refractivity contribution >= 4 is 23.1 Å². The molecule has 2 heterocycles. The maximum absolute atomic E-state index is 4.03. The van der Waals surface area contributed by atoms with E-state index in [4.69, 9.17) is 0 Å². The average Bonchev–Trinajstić information content (AvgIpc) is 2.58. The van der Waals surface area contributed by atoms with Gasteiger partial charge in [-0.15, -0.1) is 21.5 Å². The summed E-state index contributed by atoms with van der Waals surface area (Å²) in [7, 11) is 0.